The number of rotatable bonds is 8. The van der Waals surface area contributed by atoms with Gasteiger partial charge in [-0.3, -0.25) is 9.36 Å². The Hall–Kier alpha value is -1.73. The lowest BCUT2D eigenvalue weighted by molar-refractivity contribution is 0.147. The van der Waals surface area contributed by atoms with Gasteiger partial charge in [0.25, 0.3) is 0 Å². The predicted molar refractivity (Wildman–Crippen MR) is 65.7 cm³/mol. The first-order valence-corrected chi connectivity index (χ1v) is 6.05. The van der Waals surface area contributed by atoms with Gasteiger partial charge in [0, 0.05) is 31.7 Å². The average Bonchev–Trinajstić information content (AvgIpc) is 3.01. The van der Waals surface area contributed by atoms with E-state index >= 15 is 0 Å². The van der Waals surface area contributed by atoms with Crippen molar-refractivity contribution in [3.05, 3.63) is 30.9 Å². The topological polar surface area (TPSA) is 80.8 Å². The maximum absolute atomic E-state index is 9.75. The Labute approximate surface area is 105 Å². The van der Waals surface area contributed by atoms with Crippen molar-refractivity contribution in [1.82, 2.24) is 30.1 Å². The van der Waals surface area contributed by atoms with Crippen molar-refractivity contribution in [1.29, 1.82) is 0 Å². The molecule has 0 bridgehead atoms. The van der Waals surface area contributed by atoms with E-state index in [2.05, 4.69) is 20.7 Å². The van der Waals surface area contributed by atoms with Crippen LogP contribution in [0.1, 0.15) is 6.42 Å². The lowest BCUT2D eigenvalue weighted by Gasteiger charge is -2.11. The molecule has 0 saturated heterocycles. The van der Waals surface area contributed by atoms with Gasteiger partial charge in [-0.05, 0) is 19.0 Å². The molecule has 0 aliphatic heterocycles. The summed E-state index contributed by atoms with van der Waals surface area (Å²) in [7, 11) is 0. The lowest BCUT2D eigenvalue weighted by atomic mass is 10.3. The second kappa shape index (κ2) is 6.87. The molecule has 0 aromatic carbocycles. The first kappa shape index (κ1) is 12.7. The van der Waals surface area contributed by atoms with E-state index in [0.717, 1.165) is 19.5 Å². The van der Waals surface area contributed by atoms with E-state index in [0.29, 0.717) is 13.1 Å². The van der Waals surface area contributed by atoms with Crippen molar-refractivity contribution in [2.45, 2.75) is 25.6 Å². The van der Waals surface area contributed by atoms with Crippen LogP contribution >= 0.6 is 0 Å². The highest BCUT2D eigenvalue weighted by Gasteiger charge is 2.04. The van der Waals surface area contributed by atoms with Crippen LogP contribution in [-0.4, -0.2) is 49.1 Å². The Morgan fingerprint density at radius 2 is 2.17 bits per heavy atom. The minimum atomic E-state index is -0.420. The van der Waals surface area contributed by atoms with E-state index < -0.39 is 6.10 Å². The minimum absolute atomic E-state index is 0.420. The van der Waals surface area contributed by atoms with Crippen molar-refractivity contribution in [3.63, 3.8) is 0 Å². The number of aliphatic hydroxyl groups excluding tert-OH is 1. The van der Waals surface area contributed by atoms with Crippen LogP contribution in [0.25, 0.3) is 0 Å². The first-order chi connectivity index (χ1) is 8.84. The van der Waals surface area contributed by atoms with Crippen LogP contribution in [0.15, 0.2) is 30.9 Å². The number of hydrogen-bond acceptors (Lipinski definition) is 5. The van der Waals surface area contributed by atoms with Gasteiger partial charge in [0.1, 0.15) is 0 Å². The Balaban J connectivity index is 1.52. The van der Waals surface area contributed by atoms with E-state index in [1.54, 1.807) is 21.8 Å². The van der Waals surface area contributed by atoms with E-state index in [4.69, 9.17) is 0 Å². The molecular weight excluding hydrogens is 232 g/mol. The Morgan fingerprint density at radius 1 is 1.22 bits per heavy atom. The maximum Gasteiger partial charge on any atom is 0.0860 e. The highest BCUT2D eigenvalue weighted by atomic mass is 16.3. The van der Waals surface area contributed by atoms with E-state index in [-0.39, 0.29) is 0 Å². The number of aryl methyl sites for hydroxylation is 1. The van der Waals surface area contributed by atoms with Crippen LogP contribution in [0.4, 0.5) is 0 Å². The fraction of sp³-hybridized carbons (Fsp3) is 0.545. The van der Waals surface area contributed by atoms with Gasteiger partial charge in [0.05, 0.1) is 18.8 Å². The molecular formula is C11H18N6O. The highest BCUT2D eigenvalue weighted by Crippen LogP contribution is 1.91. The summed E-state index contributed by atoms with van der Waals surface area (Å²) in [5.74, 6) is 0. The third-order valence-electron chi connectivity index (χ3n) is 2.55. The van der Waals surface area contributed by atoms with Crippen LogP contribution in [0.3, 0.4) is 0 Å². The van der Waals surface area contributed by atoms with Crippen LogP contribution in [-0.2, 0) is 13.1 Å². The summed E-state index contributed by atoms with van der Waals surface area (Å²) in [5.41, 5.74) is 0. The van der Waals surface area contributed by atoms with Crippen molar-refractivity contribution >= 4 is 0 Å². The zero-order valence-corrected chi connectivity index (χ0v) is 10.2. The standard InChI is InChI=1S/C11H18N6O/c18-11(10-17-7-2-4-14-17)9-12-3-1-6-16-8-5-13-15-16/h2,4-5,7-8,11-12,18H,1,3,6,9-10H2. The van der Waals surface area contributed by atoms with Gasteiger partial charge in [-0.15, -0.1) is 5.10 Å². The molecule has 18 heavy (non-hydrogen) atoms. The van der Waals surface area contributed by atoms with Crippen molar-refractivity contribution in [2.24, 2.45) is 0 Å². The summed E-state index contributed by atoms with van der Waals surface area (Å²) in [4.78, 5) is 0. The number of hydrogen-bond donors (Lipinski definition) is 2. The molecule has 0 fully saturated rings. The molecule has 2 N–H and O–H groups in total. The third-order valence-corrected chi connectivity index (χ3v) is 2.55. The Morgan fingerprint density at radius 3 is 2.89 bits per heavy atom. The van der Waals surface area contributed by atoms with Crippen molar-refractivity contribution < 1.29 is 5.11 Å². The van der Waals surface area contributed by atoms with Crippen LogP contribution in [0, 0.1) is 0 Å². The van der Waals surface area contributed by atoms with Gasteiger partial charge in [0.15, 0.2) is 0 Å². The summed E-state index contributed by atoms with van der Waals surface area (Å²) < 4.78 is 3.52. The van der Waals surface area contributed by atoms with Gasteiger partial charge in [0.2, 0.25) is 0 Å². The lowest BCUT2D eigenvalue weighted by Crippen LogP contribution is -2.31. The van der Waals surface area contributed by atoms with Crippen LogP contribution < -0.4 is 5.32 Å². The van der Waals surface area contributed by atoms with Crippen LogP contribution in [0.2, 0.25) is 0 Å². The monoisotopic (exact) mass is 250 g/mol. The minimum Gasteiger partial charge on any atom is -0.390 e. The summed E-state index contributed by atoms with van der Waals surface area (Å²) in [5, 5.41) is 24.6. The molecule has 2 rings (SSSR count). The SMILES string of the molecule is OC(CNCCCn1ccnn1)Cn1cccn1. The average molecular weight is 250 g/mol. The van der Waals surface area contributed by atoms with E-state index in [1.165, 1.54) is 0 Å². The van der Waals surface area contributed by atoms with Gasteiger partial charge in [-0.25, -0.2) is 0 Å². The molecule has 1 atom stereocenters. The largest absolute Gasteiger partial charge is 0.390 e. The molecule has 7 heteroatoms. The zero-order chi connectivity index (χ0) is 12.6. The number of aromatic nitrogens is 5. The summed E-state index contributed by atoms with van der Waals surface area (Å²) in [6.07, 6.45) is 7.59. The van der Waals surface area contributed by atoms with Gasteiger partial charge in [-0.2, -0.15) is 5.10 Å². The Kier molecular flexibility index (Phi) is 4.86. The second-order valence-corrected chi connectivity index (χ2v) is 4.11. The fourth-order valence-corrected chi connectivity index (χ4v) is 1.68. The molecule has 2 aromatic rings. The molecule has 0 spiro atoms. The van der Waals surface area contributed by atoms with Crippen molar-refractivity contribution in [2.75, 3.05) is 13.1 Å². The number of nitrogens with one attached hydrogen (secondary N) is 1. The highest BCUT2D eigenvalue weighted by molar-refractivity contribution is 4.78. The smallest absolute Gasteiger partial charge is 0.0860 e. The molecule has 2 aromatic heterocycles. The van der Waals surface area contributed by atoms with E-state index in [1.807, 2.05) is 18.5 Å². The summed E-state index contributed by atoms with van der Waals surface area (Å²) in [6.45, 7) is 2.76. The molecule has 2 heterocycles. The maximum atomic E-state index is 9.75. The molecule has 7 nitrogen and oxygen atoms in total. The molecule has 0 aliphatic rings. The van der Waals surface area contributed by atoms with Crippen LogP contribution in [0.5, 0.6) is 0 Å². The normalized spacial score (nSPS) is 12.7. The zero-order valence-electron chi connectivity index (χ0n) is 10.2. The Bertz CT molecular complexity index is 413. The molecule has 0 radical (unpaired) electrons. The molecule has 0 saturated carbocycles. The molecule has 0 amide bonds. The van der Waals surface area contributed by atoms with Gasteiger partial charge >= 0.3 is 0 Å². The molecule has 0 aliphatic carbocycles. The first-order valence-electron chi connectivity index (χ1n) is 6.05. The van der Waals surface area contributed by atoms with Crippen molar-refractivity contribution in [3.8, 4) is 0 Å². The predicted octanol–water partition coefficient (Wildman–Crippen LogP) is -0.485. The quantitative estimate of drug-likeness (QED) is 0.618. The van der Waals surface area contributed by atoms with Gasteiger partial charge < -0.3 is 10.4 Å². The fourth-order valence-electron chi connectivity index (χ4n) is 1.68. The van der Waals surface area contributed by atoms with E-state index in [9.17, 15) is 5.11 Å². The summed E-state index contributed by atoms with van der Waals surface area (Å²) >= 11 is 0. The third kappa shape index (κ3) is 4.27. The second-order valence-electron chi connectivity index (χ2n) is 4.11. The summed E-state index contributed by atoms with van der Waals surface area (Å²) in [6, 6.07) is 1.85. The number of aliphatic hydroxyl groups is 1. The molecule has 1 unspecified atom stereocenters. The molecule has 98 valence electrons. The van der Waals surface area contributed by atoms with Gasteiger partial charge in [-0.1, -0.05) is 5.21 Å². The number of nitrogens with zero attached hydrogens (tertiary/aromatic N) is 5.